The van der Waals surface area contributed by atoms with Crippen LogP contribution >= 0.6 is 0 Å². The van der Waals surface area contributed by atoms with Gasteiger partial charge in [0, 0.05) is 13.1 Å². The second-order valence-corrected chi connectivity index (χ2v) is 7.12. The predicted octanol–water partition coefficient (Wildman–Crippen LogP) is -0.391. The molecule has 1 heterocycles. The van der Waals surface area contributed by atoms with Gasteiger partial charge in [-0.05, 0) is 37.7 Å². The zero-order valence-corrected chi connectivity index (χ0v) is 16.5. The van der Waals surface area contributed by atoms with Crippen LogP contribution in [-0.2, 0) is 16.0 Å². The number of aliphatic imine (C=N–C) groups is 1. The van der Waals surface area contributed by atoms with Crippen LogP contribution < -0.4 is 22.5 Å². The molecule has 1 saturated heterocycles. The van der Waals surface area contributed by atoms with E-state index in [9.17, 15) is 14.9 Å². The van der Waals surface area contributed by atoms with Gasteiger partial charge in [-0.1, -0.05) is 30.3 Å². The van der Waals surface area contributed by atoms with Crippen LogP contribution in [0.15, 0.2) is 35.3 Å². The number of carbonyl (C=O) groups excluding carboxylic acids is 2. The number of carbonyl (C=O) groups is 2. The largest absolute Gasteiger partial charge is 0.370 e. The minimum Gasteiger partial charge on any atom is -0.370 e. The molecule has 1 unspecified atom stereocenters. The van der Waals surface area contributed by atoms with E-state index >= 15 is 0 Å². The highest BCUT2D eigenvalue weighted by atomic mass is 16.2. The average molecular weight is 399 g/mol. The van der Waals surface area contributed by atoms with Crippen molar-refractivity contribution >= 4 is 17.8 Å². The zero-order chi connectivity index (χ0) is 21.2. The lowest BCUT2D eigenvalue weighted by Crippen LogP contribution is -2.53. The van der Waals surface area contributed by atoms with Gasteiger partial charge in [0.1, 0.15) is 12.1 Å². The van der Waals surface area contributed by atoms with E-state index in [-0.39, 0.29) is 17.8 Å². The molecule has 1 aliphatic rings. The molecule has 7 N–H and O–H groups in total. The Morgan fingerprint density at radius 2 is 2.03 bits per heavy atom. The average Bonchev–Trinajstić information content (AvgIpc) is 3.20. The summed E-state index contributed by atoms with van der Waals surface area (Å²) in [5, 5.41) is 12.0. The number of guanidine groups is 1. The van der Waals surface area contributed by atoms with Gasteiger partial charge < -0.3 is 27.4 Å². The van der Waals surface area contributed by atoms with Gasteiger partial charge in [0.05, 0.1) is 12.1 Å². The first-order chi connectivity index (χ1) is 13.9. The minimum absolute atomic E-state index is 0.00510. The third kappa shape index (κ3) is 6.76. The van der Waals surface area contributed by atoms with E-state index < -0.39 is 18.1 Å². The SMILES string of the molecule is N#CC(CCCN=C(N)N)NC(=O)[C@@H]1CCCN1C(=O)[C@H](N)Cc1ccccc1. The smallest absolute Gasteiger partial charge is 0.243 e. The Bertz CT molecular complexity index is 756. The van der Waals surface area contributed by atoms with Crippen molar-refractivity contribution in [3.63, 3.8) is 0 Å². The molecule has 2 rings (SSSR count). The van der Waals surface area contributed by atoms with E-state index in [4.69, 9.17) is 17.2 Å². The lowest BCUT2D eigenvalue weighted by molar-refractivity contribution is -0.139. The first-order valence-corrected chi connectivity index (χ1v) is 9.77. The van der Waals surface area contributed by atoms with Gasteiger partial charge in [-0.15, -0.1) is 0 Å². The van der Waals surface area contributed by atoms with Crippen molar-refractivity contribution in [1.29, 1.82) is 5.26 Å². The van der Waals surface area contributed by atoms with Crippen LogP contribution in [0.4, 0.5) is 0 Å². The Labute approximate surface area is 170 Å². The van der Waals surface area contributed by atoms with Gasteiger partial charge in [-0.2, -0.15) is 5.26 Å². The molecule has 0 radical (unpaired) electrons. The normalized spacial score (nSPS) is 17.8. The van der Waals surface area contributed by atoms with Gasteiger partial charge in [0.15, 0.2) is 5.96 Å². The number of nitrogens with one attached hydrogen (secondary N) is 1. The van der Waals surface area contributed by atoms with Crippen molar-refractivity contribution < 1.29 is 9.59 Å². The topological polar surface area (TPSA) is 164 Å². The third-order valence-corrected chi connectivity index (χ3v) is 4.87. The number of hydrogen-bond acceptors (Lipinski definition) is 5. The molecule has 0 aromatic heterocycles. The van der Waals surface area contributed by atoms with Gasteiger partial charge in [0.25, 0.3) is 0 Å². The monoisotopic (exact) mass is 399 g/mol. The summed E-state index contributed by atoms with van der Waals surface area (Å²) in [6, 6.07) is 9.64. The Morgan fingerprint density at radius 1 is 1.31 bits per heavy atom. The summed E-state index contributed by atoms with van der Waals surface area (Å²) in [6.45, 7) is 0.875. The van der Waals surface area contributed by atoms with E-state index in [1.165, 1.54) is 4.90 Å². The number of benzene rings is 1. The maximum absolute atomic E-state index is 12.8. The molecular weight excluding hydrogens is 370 g/mol. The molecule has 0 spiro atoms. The van der Waals surface area contributed by atoms with Gasteiger partial charge >= 0.3 is 0 Å². The molecule has 1 fully saturated rings. The summed E-state index contributed by atoms with van der Waals surface area (Å²) in [5.41, 5.74) is 17.6. The highest BCUT2D eigenvalue weighted by Crippen LogP contribution is 2.19. The molecule has 1 aliphatic heterocycles. The fourth-order valence-electron chi connectivity index (χ4n) is 3.41. The van der Waals surface area contributed by atoms with Crippen LogP contribution in [0.3, 0.4) is 0 Å². The van der Waals surface area contributed by atoms with Gasteiger partial charge in [-0.25, -0.2) is 0 Å². The Morgan fingerprint density at radius 3 is 2.69 bits per heavy atom. The standard InChI is InChI=1S/C20H29N7O2/c21-13-15(8-4-10-25-20(23)24)26-18(28)17-9-5-11-27(17)19(29)16(22)12-14-6-2-1-3-7-14/h1-3,6-7,15-17H,4-5,8-12,22H2,(H,26,28)(H4,23,24,25)/t15?,16-,17+/m1/s1. The second kappa shape index (κ2) is 11.0. The van der Waals surface area contributed by atoms with Crippen molar-refractivity contribution in [1.82, 2.24) is 10.2 Å². The Hall–Kier alpha value is -3.12. The number of amides is 2. The quantitative estimate of drug-likeness (QED) is 0.251. The van der Waals surface area contributed by atoms with Crippen molar-refractivity contribution in [3.8, 4) is 6.07 Å². The number of hydrogen-bond donors (Lipinski definition) is 4. The summed E-state index contributed by atoms with van der Waals surface area (Å²) in [5.74, 6) is -0.571. The van der Waals surface area contributed by atoms with Crippen LogP contribution in [-0.4, -0.2) is 53.9 Å². The van der Waals surface area contributed by atoms with E-state index in [0.717, 1.165) is 12.0 Å². The van der Waals surface area contributed by atoms with Crippen molar-refractivity contribution in [2.75, 3.05) is 13.1 Å². The predicted molar refractivity (Wildman–Crippen MR) is 110 cm³/mol. The summed E-state index contributed by atoms with van der Waals surface area (Å²) >= 11 is 0. The molecule has 156 valence electrons. The van der Waals surface area contributed by atoms with Crippen LogP contribution in [0.1, 0.15) is 31.2 Å². The second-order valence-electron chi connectivity index (χ2n) is 7.12. The summed E-state index contributed by atoms with van der Waals surface area (Å²) in [4.78, 5) is 30.9. The van der Waals surface area contributed by atoms with E-state index in [0.29, 0.717) is 38.8 Å². The number of nitriles is 1. The molecular formula is C20H29N7O2. The number of rotatable bonds is 9. The van der Waals surface area contributed by atoms with Crippen molar-refractivity contribution in [3.05, 3.63) is 35.9 Å². The third-order valence-electron chi connectivity index (χ3n) is 4.87. The lowest BCUT2D eigenvalue weighted by Gasteiger charge is -2.27. The molecule has 9 heteroatoms. The van der Waals surface area contributed by atoms with Gasteiger partial charge in [0.2, 0.25) is 11.8 Å². The summed E-state index contributed by atoms with van der Waals surface area (Å²) in [7, 11) is 0. The fourth-order valence-corrected chi connectivity index (χ4v) is 3.41. The Balaban J connectivity index is 1.90. The van der Waals surface area contributed by atoms with Crippen LogP contribution in [0.25, 0.3) is 0 Å². The molecule has 9 nitrogen and oxygen atoms in total. The van der Waals surface area contributed by atoms with Gasteiger partial charge in [-0.3, -0.25) is 14.6 Å². The molecule has 29 heavy (non-hydrogen) atoms. The molecule has 3 atom stereocenters. The number of likely N-dealkylation sites (tertiary alicyclic amines) is 1. The van der Waals surface area contributed by atoms with Crippen LogP contribution in [0.5, 0.6) is 0 Å². The number of nitrogens with zero attached hydrogens (tertiary/aromatic N) is 3. The van der Waals surface area contributed by atoms with Crippen molar-refractivity contribution in [2.45, 2.75) is 50.2 Å². The first kappa shape index (κ1) is 22.2. The fraction of sp³-hybridized carbons (Fsp3) is 0.500. The van der Waals surface area contributed by atoms with E-state index in [2.05, 4.69) is 16.4 Å². The highest BCUT2D eigenvalue weighted by molar-refractivity contribution is 5.90. The van der Waals surface area contributed by atoms with Crippen LogP contribution in [0.2, 0.25) is 0 Å². The van der Waals surface area contributed by atoms with E-state index in [1.807, 2.05) is 30.3 Å². The van der Waals surface area contributed by atoms with Crippen molar-refractivity contribution in [2.24, 2.45) is 22.2 Å². The molecule has 2 amide bonds. The highest BCUT2D eigenvalue weighted by Gasteiger charge is 2.36. The maximum Gasteiger partial charge on any atom is 0.243 e. The van der Waals surface area contributed by atoms with E-state index in [1.54, 1.807) is 0 Å². The van der Waals surface area contributed by atoms with Crippen LogP contribution in [0, 0.1) is 11.3 Å². The molecule has 0 saturated carbocycles. The Kier molecular flexibility index (Phi) is 8.43. The molecule has 1 aromatic carbocycles. The summed E-state index contributed by atoms with van der Waals surface area (Å²) < 4.78 is 0. The zero-order valence-electron chi connectivity index (χ0n) is 16.5. The number of nitrogens with two attached hydrogens (primary N) is 3. The first-order valence-electron chi connectivity index (χ1n) is 9.77. The maximum atomic E-state index is 12.8. The molecule has 1 aromatic rings. The lowest BCUT2D eigenvalue weighted by atomic mass is 10.0. The molecule has 0 bridgehead atoms. The minimum atomic E-state index is -0.711. The molecule has 0 aliphatic carbocycles. The summed E-state index contributed by atoms with van der Waals surface area (Å²) in [6.07, 6.45) is 2.68.